The van der Waals surface area contributed by atoms with E-state index in [1.54, 1.807) is 0 Å². The number of rotatable bonds is 0. The molecule has 0 atom stereocenters. The number of benzene rings is 6. The van der Waals surface area contributed by atoms with Crippen molar-refractivity contribution in [3.05, 3.63) is 121 Å². The maximum Gasteiger partial charge on any atom is 2.00 e. The first-order valence-corrected chi connectivity index (χ1v) is 17.5. The molecule has 5 heterocycles. The van der Waals surface area contributed by atoms with E-state index in [0.29, 0.717) is 45.9 Å². The number of nitrogens with zero attached hydrogens (tertiary/aromatic N) is 8. The Morgan fingerprint density at radius 2 is 0.849 bits per heavy atom. The normalized spacial score (nSPS) is 14.6. The Morgan fingerprint density at radius 1 is 0.396 bits per heavy atom. The van der Waals surface area contributed by atoms with Gasteiger partial charge in [-0.05, 0) is 43.1 Å². The van der Waals surface area contributed by atoms with Crippen molar-refractivity contribution in [1.82, 2.24) is 39.9 Å². The van der Waals surface area contributed by atoms with Gasteiger partial charge in [-0.1, -0.05) is 137 Å². The molecule has 2 aliphatic rings. The molecule has 0 aliphatic carbocycles. The van der Waals surface area contributed by atoms with Crippen LogP contribution < -0.4 is 9.97 Å². The van der Waals surface area contributed by atoms with E-state index in [9.17, 15) is 0 Å². The first-order chi connectivity index (χ1) is 25.3. The van der Waals surface area contributed by atoms with Gasteiger partial charge in [0.1, 0.15) is 0 Å². The molecule has 0 fully saturated rings. The molecule has 0 unspecified atom stereocenters. The second kappa shape index (κ2) is 11.0. The Bertz CT molecular complexity index is 3210. The molecule has 0 saturated heterocycles. The van der Waals surface area contributed by atoms with Crippen LogP contribution in [0.1, 0.15) is 39.3 Å². The van der Waals surface area contributed by atoms with Crippen molar-refractivity contribution in [3.63, 3.8) is 0 Å². The van der Waals surface area contributed by atoms with Crippen LogP contribution in [0.15, 0.2) is 109 Å². The molecular weight excluding hydrogens is 699 g/mol. The average Bonchev–Trinajstić information content (AvgIpc) is 3.85. The fraction of sp³-hybridized carbons (Fsp3) is 0.136. The maximum absolute atomic E-state index is 5.31. The molecule has 0 amide bonds. The zero-order chi connectivity index (χ0) is 34.9. The molecular formula is C44H30N8Ni. The maximum atomic E-state index is 5.31. The van der Waals surface area contributed by atoms with Crippen LogP contribution in [0.2, 0.25) is 0 Å². The van der Waals surface area contributed by atoms with E-state index in [-0.39, 0.29) is 16.5 Å². The number of aromatic nitrogens is 8. The minimum atomic E-state index is -0.485. The molecule has 3 aromatic heterocycles. The smallest absolute Gasteiger partial charge is 0.357 e. The molecule has 9 heteroatoms. The van der Waals surface area contributed by atoms with Crippen LogP contribution >= 0.6 is 0 Å². The van der Waals surface area contributed by atoms with E-state index in [2.05, 4.69) is 125 Å². The molecule has 2 aliphatic heterocycles. The van der Waals surface area contributed by atoms with E-state index in [1.165, 1.54) is 0 Å². The topological polar surface area (TPSA) is 106 Å². The Balaban J connectivity index is 0.00000349. The summed E-state index contributed by atoms with van der Waals surface area (Å²) in [5.41, 5.74) is 3.12. The fourth-order valence-corrected chi connectivity index (χ4v) is 7.91. The third kappa shape index (κ3) is 4.34. The summed E-state index contributed by atoms with van der Waals surface area (Å²) in [4.78, 5) is 41.8. The van der Waals surface area contributed by atoms with E-state index in [1.807, 2.05) is 12.1 Å². The summed E-state index contributed by atoms with van der Waals surface area (Å²) >= 11 is 0. The number of fused-ring (bicyclic) bond motifs is 23. The molecule has 256 valence electrons. The van der Waals surface area contributed by atoms with Crippen LogP contribution in [0.4, 0.5) is 0 Å². The average molecular weight is 729 g/mol. The second-order valence-electron chi connectivity index (χ2n) is 14.9. The summed E-state index contributed by atoms with van der Waals surface area (Å²) in [5, 5.41) is 10.2. The summed E-state index contributed by atoms with van der Waals surface area (Å²) in [7, 11) is 0. The fourth-order valence-electron chi connectivity index (χ4n) is 7.91. The predicted octanol–water partition coefficient (Wildman–Crippen LogP) is 9.51. The van der Waals surface area contributed by atoms with Crippen molar-refractivity contribution < 1.29 is 16.5 Å². The zero-order valence-corrected chi connectivity index (χ0v) is 30.3. The van der Waals surface area contributed by atoms with Gasteiger partial charge in [0, 0.05) is 55.3 Å². The Kier molecular flexibility index (Phi) is 6.56. The third-order valence-corrected chi connectivity index (χ3v) is 11.6. The monoisotopic (exact) mass is 728 g/mol. The molecule has 0 saturated carbocycles. The number of hydrogen-bond donors (Lipinski definition) is 0. The summed E-state index contributed by atoms with van der Waals surface area (Å²) in [6, 6.07) is 37.6. The van der Waals surface area contributed by atoms with Gasteiger partial charge in [-0.25, -0.2) is 4.98 Å². The van der Waals surface area contributed by atoms with Gasteiger partial charge in [0.2, 0.25) is 0 Å². The van der Waals surface area contributed by atoms with Crippen LogP contribution in [0, 0.1) is 0 Å². The van der Waals surface area contributed by atoms with E-state index in [4.69, 9.17) is 39.9 Å². The standard InChI is InChI=1S/C44H30N8.Ni/c1-43(2)41-50-39-33-27-15-9-6-12-24(27)18-21-30(33)36(48-39)45-35-29-20-17-23-11-5-8-14-26(23)32(29)38(46-35)47-37-31-22-19-25-13-7-10-16-28(25)34(31)40(49-37)51-42(52-41)44(43,3)4;/h5-22H,1-4H3;/q-2;+2. The molecule has 0 N–H and O–H groups in total. The predicted molar refractivity (Wildman–Crippen MR) is 208 cm³/mol. The van der Waals surface area contributed by atoms with Crippen molar-refractivity contribution in [1.29, 1.82) is 0 Å². The van der Waals surface area contributed by atoms with Crippen molar-refractivity contribution >= 4 is 76.5 Å². The molecule has 0 spiro atoms. The first kappa shape index (κ1) is 31.7. The number of hydrogen-bond acceptors (Lipinski definition) is 6. The SMILES string of the molecule is CC1(C)c2nc(nc3[n-]c(nc4nc(nc5[n-]c(n2)c2c6ccccc6ccc52)-c2ccc5ccccc5c2-4)c2ccc4ccccc4c32)C1(C)C.[Ni+2]. The van der Waals surface area contributed by atoms with Gasteiger partial charge in [-0.3, -0.25) is 4.98 Å². The van der Waals surface area contributed by atoms with Gasteiger partial charge < -0.3 is 29.9 Å². The van der Waals surface area contributed by atoms with E-state index in [0.717, 1.165) is 65.0 Å². The molecule has 6 aromatic carbocycles. The molecule has 11 rings (SSSR count). The molecule has 0 radical (unpaired) electrons. The van der Waals surface area contributed by atoms with Crippen LogP contribution in [0.25, 0.3) is 99.2 Å². The van der Waals surface area contributed by atoms with Crippen molar-refractivity contribution in [2.24, 2.45) is 0 Å². The van der Waals surface area contributed by atoms with Crippen molar-refractivity contribution in [2.45, 2.75) is 38.5 Å². The largest absolute Gasteiger partial charge is 2.00 e. The van der Waals surface area contributed by atoms with Crippen LogP contribution in [0.3, 0.4) is 0 Å². The van der Waals surface area contributed by atoms with Gasteiger partial charge >= 0.3 is 16.5 Å². The summed E-state index contributed by atoms with van der Waals surface area (Å²) < 4.78 is 0. The van der Waals surface area contributed by atoms with E-state index < -0.39 is 10.8 Å². The Labute approximate surface area is 313 Å². The minimum Gasteiger partial charge on any atom is -0.357 e. The zero-order valence-electron chi connectivity index (χ0n) is 29.3. The molecule has 8 nitrogen and oxygen atoms in total. The van der Waals surface area contributed by atoms with Crippen LogP contribution in [-0.2, 0) is 27.3 Å². The summed E-state index contributed by atoms with van der Waals surface area (Å²) in [6.45, 7) is 8.72. The van der Waals surface area contributed by atoms with Crippen LogP contribution in [-0.4, -0.2) is 29.9 Å². The Morgan fingerprint density at radius 3 is 1.40 bits per heavy atom. The summed E-state index contributed by atoms with van der Waals surface area (Å²) in [5.74, 6) is 2.43. The first-order valence-electron chi connectivity index (χ1n) is 17.5. The Hall–Kier alpha value is -6.05. The van der Waals surface area contributed by atoms with Gasteiger partial charge in [0.25, 0.3) is 0 Å². The van der Waals surface area contributed by atoms with Crippen molar-refractivity contribution in [2.75, 3.05) is 0 Å². The van der Waals surface area contributed by atoms with Gasteiger partial charge in [-0.15, -0.1) is 0 Å². The van der Waals surface area contributed by atoms with Gasteiger partial charge in [0.05, 0.1) is 23.3 Å². The van der Waals surface area contributed by atoms with Gasteiger partial charge in [-0.2, -0.15) is 0 Å². The van der Waals surface area contributed by atoms with Crippen molar-refractivity contribution in [3.8, 4) is 22.8 Å². The minimum absolute atomic E-state index is 0. The molecule has 53 heavy (non-hydrogen) atoms. The summed E-state index contributed by atoms with van der Waals surface area (Å²) in [6.07, 6.45) is 0. The second-order valence-corrected chi connectivity index (χ2v) is 14.9. The van der Waals surface area contributed by atoms with Crippen LogP contribution in [0.5, 0.6) is 0 Å². The van der Waals surface area contributed by atoms with E-state index >= 15 is 0 Å². The molecule has 8 bridgehead atoms. The van der Waals surface area contributed by atoms with Gasteiger partial charge in [0.15, 0.2) is 0 Å². The molecule has 9 aromatic rings. The quantitative estimate of drug-likeness (QED) is 0.142. The third-order valence-electron chi connectivity index (χ3n) is 11.6.